The van der Waals surface area contributed by atoms with Gasteiger partial charge < -0.3 is 11.2 Å². The van der Waals surface area contributed by atoms with Crippen LogP contribution in [0.4, 0.5) is 0 Å². The van der Waals surface area contributed by atoms with Crippen LogP contribution in [0, 0.1) is 19.8 Å². The van der Waals surface area contributed by atoms with Crippen LogP contribution < -0.4 is 11.2 Å². The number of amides is 1. The van der Waals surface area contributed by atoms with E-state index in [9.17, 15) is 4.79 Å². The molecule has 8 nitrogen and oxygen atoms in total. The lowest BCUT2D eigenvalue weighted by Crippen LogP contribution is -2.41. The van der Waals surface area contributed by atoms with Gasteiger partial charge in [-0.2, -0.15) is 5.10 Å². The van der Waals surface area contributed by atoms with Crippen molar-refractivity contribution in [3.8, 4) is 5.95 Å². The Kier molecular flexibility index (Phi) is 5.31. The predicted octanol–water partition coefficient (Wildman–Crippen LogP) is 1.58. The largest absolute Gasteiger partial charge is 0.352 e. The monoisotopic (exact) mass is 363 g/mol. The van der Waals surface area contributed by atoms with E-state index in [4.69, 9.17) is 5.84 Å². The highest BCUT2D eigenvalue weighted by molar-refractivity contribution is 7.99. The number of hydrogen-bond acceptors (Lipinski definition) is 6. The van der Waals surface area contributed by atoms with Gasteiger partial charge in [-0.15, -0.1) is 10.2 Å². The van der Waals surface area contributed by atoms with Gasteiger partial charge in [-0.1, -0.05) is 31.5 Å². The molecule has 3 N–H and O–H groups in total. The summed E-state index contributed by atoms with van der Waals surface area (Å²) in [6.45, 7) is 6.04. The first kappa shape index (κ1) is 17.8. The van der Waals surface area contributed by atoms with Crippen LogP contribution in [0.15, 0.2) is 11.2 Å². The minimum atomic E-state index is 0.0133. The lowest BCUT2D eigenvalue weighted by atomic mass is 9.86. The van der Waals surface area contributed by atoms with Crippen LogP contribution in [0.1, 0.15) is 44.0 Å². The van der Waals surface area contributed by atoms with Crippen LogP contribution >= 0.6 is 11.8 Å². The highest BCUT2D eigenvalue weighted by Gasteiger charge is 2.23. The van der Waals surface area contributed by atoms with Crippen LogP contribution in [-0.2, 0) is 4.79 Å². The first-order valence-electron chi connectivity index (χ1n) is 8.62. The summed E-state index contributed by atoms with van der Waals surface area (Å²) in [4.78, 5) is 12.2. The van der Waals surface area contributed by atoms with Crippen molar-refractivity contribution in [2.24, 2.45) is 5.92 Å². The molecule has 0 radical (unpaired) electrons. The number of thioether (sulfide) groups is 1. The van der Waals surface area contributed by atoms with Crippen molar-refractivity contribution in [2.75, 3.05) is 11.6 Å². The number of hydrogen-bond donors (Lipinski definition) is 2. The summed E-state index contributed by atoms with van der Waals surface area (Å²) >= 11 is 1.28. The molecular formula is C16H25N7OS. The molecule has 0 saturated heterocycles. The minimum Gasteiger partial charge on any atom is -0.352 e. The summed E-state index contributed by atoms with van der Waals surface area (Å²) in [5.41, 5.74) is 1.81. The molecule has 136 valence electrons. The van der Waals surface area contributed by atoms with Gasteiger partial charge in [0, 0.05) is 11.7 Å². The maximum absolute atomic E-state index is 12.2. The Morgan fingerprint density at radius 3 is 2.80 bits per heavy atom. The molecule has 0 spiro atoms. The zero-order valence-corrected chi connectivity index (χ0v) is 15.7. The van der Waals surface area contributed by atoms with Gasteiger partial charge in [-0.3, -0.25) is 4.79 Å². The summed E-state index contributed by atoms with van der Waals surface area (Å²) < 4.78 is 3.02. The number of carbonyl (C=O) groups excluding carboxylic acids is 1. The molecule has 0 unspecified atom stereocenters. The molecule has 2 atom stereocenters. The molecule has 2 heterocycles. The topological polar surface area (TPSA) is 104 Å². The number of nitrogens with one attached hydrogen (secondary N) is 1. The maximum atomic E-state index is 12.2. The van der Waals surface area contributed by atoms with E-state index in [1.54, 1.807) is 4.68 Å². The first-order chi connectivity index (χ1) is 12.0. The van der Waals surface area contributed by atoms with E-state index < -0.39 is 0 Å². The molecule has 2 aromatic heterocycles. The van der Waals surface area contributed by atoms with Crippen LogP contribution in [0.5, 0.6) is 0 Å². The predicted molar refractivity (Wildman–Crippen MR) is 97.1 cm³/mol. The Morgan fingerprint density at radius 2 is 2.12 bits per heavy atom. The minimum absolute atomic E-state index is 0.0133. The lowest BCUT2D eigenvalue weighted by molar-refractivity contribution is -0.119. The first-order valence-corrected chi connectivity index (χ1v) is 9.60. The Bertz CT molecular complexity index is 754. The second-order valence-corrected chi connectivity index (χ2v) is 7.66. The Labute approximate surface area is 151 Å². The van der Waals surface area contributed by atoms with Crippen molar-refractivity contribution in [3.05, 3.63) is 17.5 Å². The summed E-state index contributed by atoms with van der Waals surface area (Å²) in [7, 11) is 0. The van der Waals surface area contributed by atoms with Crippen molar-refractivity contribution in [3.63, 3.8) is 0 Å². The van der Waals surface area contributed by atoms with E-state index in [2.05, 4.69) is 27.5 Å². The molecule has 25 heavy (non-hydrogen) atoms. The second kappa shape index (κ2) is 7.47. The third kappa shape index (κ3) is 3.97. The number of nitrogens with zero attached hydrogens (tertiary/aromatic N) is 5. The fraction of sp³-hybridized carbons (Fsp3) is 0.625. The molecule has 0 aliphatic heterocycles. The van der Waals surface area contributed by atoms with Crippen molar-refractivity contribution in [2.45, 2.75) is 57.7 Å². The average Bonchev–Trinajstić information content (AvgIpc) is 3.09. The normalized spacial score (nSPS) is 20.6. The Morgan fingerprint density at radius 1 is 1.36 bits per heavy atom. The molecule has 9 heteroatoms. The number of nitrogen functional groups attached to an aromatic ring is 1. The van der Waals surface area contributed by atoms with Gasteiger partial charge in [0.25, 0.3) is 5.95 Å². The molecule has 1 aliphatic carbocycles. The van der Waals surface area contributed by atoms with Gasteiger partial charge in [0.15, 0.2) is 0 Å². The molecule has 1 amide bonds. The maximum Gasteiger partial charge on any atom is 0.271 e. The van der Waals surface area contributed by atoms with Crippen LogP contribution in [0.25, 0.3) is 5.95 Å². The van der Waals surface area contributed by atoms with Gasteiger partial charge >= 0.3 is 0 Å². The SMILES string of the molecule is Cc1cc(C)n(-c2nnc(SCC(=O)N[C@@H]3CCCC[C@@H]3C)n2N)n1. The molecule has 1 saturated carbocycles. The third-order valence-electron chi connectivity index (χ3n) is 4.64. The van der Waals surface area contributed by atoms with E-state index in [1.165, 1.54) is 35.7 Å². The van der Waals surface area contributed by atoms with Gasteiger partial charge in [-0.25, -0.2) is 9.36 Å². The molecule has 2 aromatic rings. The van der Waals surface area contributed by atoms with Gasteiger partial charge in [0.05, 0.1) is 11.4 Å². The van der Waals surface area contributed by atoms with Crippen LogP contribution in [0.3, 0.4) is 0 Å². The quantitative estimate of drug-likeness (QED) is 0.617. The van der Waals surface area contributed by atoms with Gasteiger partial charge in [0.2, 0.25) is 11.1 Å². The van der Waals surface area contributed by atoms with E-state index >= 15 is 0 Å². The molecule has 3 rings (SSSR count). The third-order valence-corrected chi connectivity index (χ3v) is 5.58. The lowest BCUT2D eigenvalue weighted by Gasteiger charge is -2.29. The average molecular weight is 363 g/mol. The summed E-state index contributed by atoms with van der Waals surface area (Å²) in [6.07, 6.45) is 4.69. The zero-order chi connectivity index (χ0) is 18.0. The molecular weight excluding hydrogens is 338 g/mol. The highest BCUT2D eigenvalue weighted by Crippen LogP contribution is 2.24. The highest BCUT2D eigenvalue weighted by atomic mass is 32.2. The molecule has 0 bridgehead atoms. The number of aryl methyl sites for hydroxylation is 2. The standard InChI is InChI=1S/C16H25N7OS/c1-10-6-4-5-7-13(10)18-14(24)9-25-16-20-19-15(22(16)17)23-12(3)8-11(2)21-23/h8,10,13H,4-7,9,17H2,1-3H3,(H,18,24)/t10-,13+/m0/s1. The van der Waals surface area contributed by atoms with Crippen molar-refractivity contribution in [1.29, 1.82) is 0 Å². The van der Waals surface area contributed by atoms with Crippen molar-refractivity contribution >= 4 is 17.7 Å². The summed E-state index contributed by atoms with van der Waals surface area (Å²) in [5, 5.41) is 16.2. The summed E-state index contributed by atoms with van der Waals surface area (Å²) in [6, 6.07) is 2.23. The van der Waals surface area contributed by atoms with E-state index in [0.29, 0.717) is 17.0 Å². The Hall–Kier alpha value is -2.03. The van der Waals surface area contributed by atoms with E-state index in [1.807, 2.05) is 19.9 Å². The number of rotatable bonds is 5. The smallest absolute Gasteiger partial charge is 0.271 e. The van der Waals surface area contributed by atoms with Crippen LogP contribution in [-0.4, -0.2) is 42.4 Å². The van der Waals surface area contributed by atoms with E-state index in [0.717, 1.165) is 17.8 Å². The number of aromatic nitrogens is 5. The van der Waals surface area contributed by atoms with E-state index in [-0.39, 0.29) is 17.7 Å². The van der Waals surface area contributed by atoms with Crippen LogP contribution in [0.2, 0.25) is 0 Å². The molecule has 0 aromatic carbocycles. The van der Waals surface area contributed by atoms with Crippen molar-refractivity contribution < 1.29 is 4.79 Å². The fourth-order valence-electron chi connectivity index (χ4n) is 3.25. The fourth-order valence-corrected chi connectivity index (χ4v) is 3.92. The van der Waals surface area contributed by atoms with Gasteiger partial charge in [0.1, 0.15) is 0 Å². The van der Waals surface area contributed by atoms with Gasteiger partial charge in [-0.05, 0) is 38.7 Å². The van der Waals surface area contributed by atoms with Crippen molar-refractivity contribution in [1.82, 2.24) is 30.0 Å². The second-order valence-electron chi connectivity index (χ2n) is 6.72. The number of nitrogens with two attached hydrogens (primary N) is 1. The number of carbonyl (C=O) groups is 1. The summed E-state index contributed by atoms with van der Waals surface area (Å²) in [5.74, 6) is 7.35. The molecule has 1 fully saturated rings. The Balaban J connectivity index is 1.60. The zero-order valence-electron chi connectivity index (χ0n) is 14.9. The molecule has 1 aliphatic rings.